The maximum absolute atomic E-state index is 5.80. The van der Waals surface area contributed by atoms with Crippen LogP contribution in [-0.4, -0.2) is 22.1 Å². The Hall–Kier alpha value is -0.870. The zero-order chi connectivity index (χ0) is 13.2. The van der Waals surface area contributed by atoms with E-state index in [0.29, 0.717) is 5.92 Å². The summed E-state index contributed by atoms with van der Waals surface area (Å²) in [4.78, 5) is 7.87. The first-order valence-electron chi connectivity index (χ1n) is 6.90. The molecular formula is C14H25N3O. The number of hydrogen-bond acceptors (Lipinski definition) is 3. The lowest BCUT2D eigenvalue weighted by Crippen LogP contribution is -2.35. The van der Waals surface area contributed by atoms with Crippen LogP contribution in [0.1, 0.15) is 58.2 Å². The Morgan fingerprint density at radius 2 is 2.22 bits per heavy atom. The van der Waals surface area contributed by atoms with Crippen LogP contribution in [0.3, 0.4) is 0 Å². The molecule has 1 atom stereocenters. The maximum Gasteiger partial charge on any atom is 0.135 e. The lowest BCUT2D eigenvalue weighted by molar-refractivity contribution is 0.0405. The second-order valence-corrected chi connectivity index (χ2v) is 6.11. The van der Waals surface area contributed by atoms with E-state index in [9.17, 15) is 0 Å². The van der Waals surface area contributed by atoms with E-state index in [1.807, 2.05) is 13.1 Å². The lowest BCUT2D eigenvalue weighted by atomic mass is 10.1. The fourth-order valence-electron chi connectivity index (χ4n) is 1.99. The van der Waals surface area contributed by atoms with Crippen LogP contribution < -0.4 is 5.32 Å². The molecule has 2 rings (SSSR count). The largest absolute Gasteiger partial charge is 0.370 e. The van der Waals surface area contributed by atoms with Crippen molar-refractivity contribution in [3.05, 3.63) is 17.7 Å². The van der Waals surface area contributed by atoms with Gasteiger partial charge in [0.1, 0.15) is 11.9 Å². The zero-order valence-electron chi connectivity index (χ0n) is 11.9. The summed E-state index contributed by atoms with van der Waals surface area (Å²) in [7, 11) is 0. The number of ether oxygens (including phenoxy) is 1. The van der Waals surface area contributed by atoms with Crippen LogP contribution >= 0.6 is 0 Å². The van der Waals surface area contributed by atoms with Gasteiger partial charge in [0.15, 0.2) is 0 Å². The standard InChI is InChI=1S/C14H25N3O/c1-5-18-12(10-6-7-10)13-15-8-11(17-13)9-16-14(2,3)4/h8,10,12,16H,5-7,9H2,1-4H3,(H,15,17). The molecule has 0 aliphatic heterocycles. The monoisotopic (exact) mass is 251 g/mol. The summed E-state index contributed by atoms with van der Waals surface area (Å²) in [5, 5.41) is 3.46. The van der Waals surface area contributed by atoms with Gasteiger partial charge < -0.3 is 15.0 Å². The number of nitrogens with one attached hydrogen (secondary N) is 2. The average molecular weight is 251 g/mol. The van der Waals surface area contributed by atoms with Crippen LogP contribution in [0, 0.1) is 5.92 Å². The molecule has 4 nitrogen and oxygen atoms in total. The van der Waals surface area contributed by atoms with Gasteiger partial charge in [-0.15, -0.1) is 0 Å². The number of H-pyrrole nitrogens is 1. The average Bonchev–Trinajstić information content (AvgIpc) is 3.01. The third-order valence-electron chi connectivity index (χ3n) is 3.12. The van der Waals surface area contributed by atoms with E-state index < -0.39 is 0 Å². The molecule has 18 heavy (non-hydrogen) atoms. The second-order valence-electron chi connectivity index (χ2n) is 6.11. The molecule has 0 spiro atoms. The summed E-state index contributed by atoms with van der Waals surface area (Å²) < 4.78 is 5.80. The molecule has 0 bridgehead atoms. The van der Waals surface area contributed by atoms with Crippen LogP contribution in [0.5, 0.6) is 0 Å². The minimum Gasteiger partial charge on any atom is -0.370 e. The molecule has 1 aliphatic rings. The van der Waals surface area contributed by atoms with Gasteiger partial charge in [0.05, 0.1) is 0 Å². The summed E-state index contributed by atoms with van der Waals surface area (Å²) in [5.74, 6) is 1.66. The lowest BCUT2D eigenvalue weighted by Gasteiger charge is -2.19. The van der Waals surface area contributed by atoms with Crippen molar-refractivity contribution in [2.75, 3.05) is 6.61 Å². The fourth-order valence-corrected chi connectivity index (χ4v) is 1.99. The Bertz CT molecular complexity index is 377. The van der Waals surface area contributed by atoms with Crippen LogP contribution in [-0.2, 0) is 11.3 Å². The highest BCUT2D eigenvalue weighted by Crippen LogP contribution is 2.42. The number of nitrogens with zero attached hydrogens (tertiary/aromatic N) is 1. The highest BCUT2D eigenvalue weighted by Gasteiger charge is 2.34. The van der Waals surface area contributed by atoms with Gasteiger partial charge in [-0.3, -0.25) is 0 Å². The van der Waals surface area contributed by atoms with E-state index in [-0.39, 0.29) is 11.6 Å². The highest BCUT2D eigenvalue weighted by molar-refractivity contribution is 5.07. The quantitative estimate of drug-likeness (QED) is 0.817. The number of hydrogen-bond donors (Lipinski definition) is 2. The molecule has 1 aliphatic carbocycles. The minimum absolute atomic E-state index is 0.126. The normalized spacial score (nSPS) is 18.0. The molecule has 4 heteroatoms. The van der Waals surface area contributed by atoms with Gasteiger partial charge in [-0.25, -0.2) is 4.98 Å². The van der Waals surface area contributed by atoms with Crippen LogP contribution in [0.4, 0.5) is 0 Å². The van der Waals surface area contributed by atoms with Crippen LogP contribution in [0.2, 0.25) is 0 Å². The van der Waals surface area contributed by atoms with Crippen molar-refractivity contribution in [1.82, 2.24) is 15.3 Å². The van der Waals surface area contributed by atoms with Gasteiger partial charge in [-0.1, -0.05) is 0 Å². The van der Waals surface area contributed by atoms with Crippen LogP contribution in [0.15, 0.2) is 6.20 Å². The molecule has 0 radical (unpaired) electrons. The highest BCUT2D eigenvalue weighted by atomic mass is 16.5. The Kier molecular flexibility index (Phi) is 4.07. The zero-order valence-corrected chi connectivity index (χ0v) is 11.9. The van der Waals surface area contributed by atoms with Gasteiger partial charge in [0.25, 0.3) is 0 Å². The molecule has 0 aromatic carbocycles. The van der Waals surface area contributed by atoms with Gasteiger partial charge in [-0.2, -0.15) is 0 Å². The van der Waals surface area contributed by atoms with E-state index in [4.69, 9.17) is 4.74 Å². The van der Waals surface area contributed by atoms with Crippen LogP contribution in [0.25, 0.3) is 0 Å². The predicted molar refractivity (Wildman–Crippen MR) is 72.3 cm³/mol. The topological polar surface area (TPSA) is 49.9 Å². The van der Waals surface area contributed by atoms with E-state index >= 15 is 0 Å². The summed E-state index contributed by atoms with van der Waals surface area (Å²) in [6, 6.07) is 0. The molecule has 1 aromatic rings. The van der Waals surface area contributed by atoms with E-state index in [1.165, 1.54) is 12.8 Å². The van der Waals surface area contributed by atoms with Crippen molar-refractivity contribution in [1.29, 1.82) is 0 Å². The Morgan fingerprint density at radius 1 is 1.50 bits per heavy atom. The van der Waals surface area contributed by atoms with Gasteiger partial charge in [0, 0.05) is 30.6 Å². The molecule has 1 fully saturated rings. The first kappa shape index (κ1) is 13.6. The van der Waals surface area contributed by atoms with Gasteiger partial charge >= 0.3 is 0 Å². The molecule has 0 amide bonds. The van der Waals surface area contributed by atoms with Crippen molar-refractivity contribution >= 4 is 0 Å². The first-order chi connectivity index (χ1) is 8.49. The molecule has 1 aromatic heterocycles. The predicted octanol–water partition coefficient (Wildman–Crippen LogP) is 2.79. The molecule has 2 N–H and O–H groups in total. The third-order valence-corrected chi connectivity index (χ3v) is 3.12. The van der Waals surface area contributed by atoms with Crippen molar-refractivity contribution in [2.24, 2.45) is 5.92 Å². The van der Waals surface area contributed by atoms with E-state index in [0.717, 1.165) is 24.7 Å². The van der Waals surface area contributed by atoms with Crippen molar-refractivity contribution in [3.63, 3.8) is 0 Å². The summed E-state index contributed by atoms with van der Waals surface area (Å²) in [6.45, 7) is 10.1. The first-order valence-corrected chi connectivity index (χ1v) is 6.90. The minimum atomic E-state index is 0.126. The summed E-state index contributed by atoms with van der Waals surface area (Å²) in [5.41, 5.74) is 1.26. The van der Waals surface area contributed by atoms with Crippen molar-refractivity contribution < 1.29 is 4.74 Å². The fraction of sp³-hybridized carbons (Fsp3) is 0.786. The smallest absolute Gasteiger partial charge is 0.135 e. The third kappa shape index (κ3) is 3.82. The number of aromatic amines is 1. The number of rotatable bonds is 6. The van der Waals surface area contributed by atoms with Gasteiger partial charge in [0.2, 0.25) is 0 Å². The maximum atomic E-state index is 5.80. The molecule has 0 saturated heterocycles. The summed E-state index contributed by atoms with van der Waals surface area (Å²) in [6.07, 6.45) is 4.61. The Labute approximate surface area is 110 Å². The SMILES string of the molecule is CCOC(c1ncc(CNC(C)(C)C)[nH]1)C1CC1. The van der Waals surface area contributed by atoms with E-state index in [2.05, 4.69) is 36.1 Å². The Balaban J connectivity index is 1.95. The number of imidazole rings is 1. The van der Waals surface area contributed by atoms with Crippen molar-refractivity contribution in [3.8, 4) is 0 Å². The summed E-state index contributed by atoms with van der Waals surface area (Å²) >= 11 is 0. The van der Waals surface area contributed by atoms with E-state index in [1.54, 1.807) is 0 Å². The molecule has 102 valence electrons. The molecule has 1 heterocycles. The molecular weight excluding hydrogens is 226 g/mol. The second kappa shape index (κ2) is 5.41. The number of aromatic nitrogens is 2. The van der Waals surface area contributed by atoms with Gasteiger partial charge in [-0.05, 0) is 46.5 Å². The Morgan fingerprint density at radius 3 is 2.78 bits per heavy atom. The van der Waals surface area contributed by atoms with Crippen molar-refractivity contribution in [2.45, 2.75) is 58.7 Å². The molecule has 1 saturated carbocycles. The molecule has 1 unspecified atom stereocenters.